The van der Waals surface area contributed by atoms with Crippen LogP contribution >= 0.6 is 0 Å². The first-order chi connectivity index (χ1) is 5.43. The molecule has 2 atom stereocenters. The highest BCUT2D eigenvalue weighted by Crippen LogP contribution is 2.75. The summed E-state index contributed by atoms with van der Waals surface area (Å²) < 4.78 is 0. The van der Waals surface area contributed by atoms with Gasteiger partial charge < -0.3 is 5.73 Å². The van der Waals surface area contributed by atoms with E-state index in [0.717, 1.165) is 24.3 Å². The predicted octanol–water partition coefficient (Wildman–Crippen LogP) is 2.26. The fourth-order valence-electron chi connectivity index (χ4n) is 3.27. The minimum Gasteiger partial charge on any atom is -0.330 e. The van der Waals surface area contributed by atoms with Crippen molar-refractivity contribution in [1.29, 1.82) is 0 Å². The molecule has 0 saturated heterocycles. The molecular formula is C11H21N. The van der Waals surface area contributed by atoms with Gasteiger partial charge in [0.25, 0.3) is 0 Å². The molecule has 0 bridgehead atoms. The van der Waals surface area contributed by atoms with E-state index in [2.05, 4.69) is 27.7 Å². The summed E-state index contributed by atoms with van der Waals surface area (Å²) in [5.41, 5.74) is 6.81. The molecule has 0 spiro atoms. The predicted molar refractivity (Wildman–Crippen MR) is 51.7 cm³/mol. The van der Waals surface area contributed by atoms with E-state index < -0.39 is 0 Å². The summed E-state index contributed by atoms with van der Waals surface area (Å²) in [7, 11) is 0. The molecule has 2 unspecified atom stereocenters. The third kappa shape index (κ3) is 0.834. The smallest absolute Gasteiger partial charge is 0.00460 e. The molecule has 0 aromatic heterocycles. The zero-order valence-corrected chi connectivity index (χ0v) is 8.72. The second-order valence-electron chi connectivity index (χ2n) is 5.82. The van der Waals surface area contributed by atoms with E-state index in [1.54, 1.807) is 0 Å². The second-order valence-corrected chi connectivity index (χ2v) is 5.82. The van der Waals surface area contributed by atoms with Gasteiger partial charge in [-0.1, -0.05) is 27.7 Å². The Balaban J connectivity index is 2.02. The van der Waals surface area contributed by atoms with Crippen LogP contribution in [0.25, 0.3) is 0 Å². The zero-order valence-electron chi connectivity index (χ0n) is 8.72. The van der Waals surface area contributed by atoms with E-state index in [9.17, 15) is 0 Å². The molecule has 0 aromatic rings. The molecule has 0 aliphatic heterocycles. The van der Waals surface area contributed by atoms with Gasteiger partial charge in [-0.3, -0.25) is 0 Å². The average Bonchev–Trinajstić information content (AvgIpc) is 2.73. The van der Waals surface area contributed by atoms with Gasteiger partial charge in [0.1, 0.15) is 0 Å². The van der Waals surface area contributed by atoms with Crippen LogP contribution in [0.15, 0.2) is 0 Å². The van der Waals surface area contributed by atoms with Crippen LogP contribution in [0.5, 0.6) is 0 Å². The molecule has 70 valence electrons. The third-order valence-electron chi connectivity index (χ3n) is 4.84. The average molecular weight is 167 g/mol. The monoisotopic (exact) mass is 167 g/mol. The summed E-state index contributed by atoms with van der Waals surface area (Å²) in [6.45, 7) is 10.5. The maximum atomic E-state index is 5.67. The molecule has 2 aliphatic carbocycles. The Kier molecular flexibility index (Phi) is 1.47. The highest BCUT2D eigenvalue weighted by atomic mass is 14.8. The van der Waals surface area contributed by atoms with E-state index in [-0.39, 0.29) is 0 Å². The SMILES string of the molecule is CC1(C)C(C2CC2CN)C1(C)C. The number of nitrogens with two attached hydrogens (primary N) is 1. The van der Waals surface area contributed by atoms with Crippen LogP contribution in [0.1, 0.15) is 34.1 Å². The van der Waals surface area contributed by atoms with Gasteiger partial charge in [0.15, 0.2) is 0 Å². The molecule has 2 fully saturated rings. The van der Waals surface area contributed by atoms with Crippen LogP contribution < -0.4 is 5.73 Å². The molecule has 2 saturated carbocycles. The van der Waals surface area contributed by atoms with E-state index in [1.165, 1.54) is 6.42 Å². The quantitative estimate of drug-likeness (QED) is 0.671. The van der Waals surface area contributed by atoms with Gasteiger partial charge in [-0.2, -0.15) is 0 Å². The first-order valence-corrected chi connectivity index (χ1v) is 5.13. The number of hydrogen-bond acceptors (Lipinski definition) is 1. The molecule has 12 heavy (non-hydrogen) atoms. The summed E-state index contributed by atoms with van der Waals surface area (Å²) in [5, 5.41) is 0. The lowest BCUT2D eigenvalue weighted by atomic mass is 10.0. The van der Waals surface area contributed by atoms with Gasteiger partial charge in [-0.25, -0.2) is 0 Å². The Morgan fingerprint density at radius 2 is 1.67 bits per heavy atom. The summed E-state index contributed by atoms with van der Waals surface area (Å²) in [5.74, 6) is 2.76. The molecule has 2 aliphatic rings. The number of rotatable bonds is 2. The maximum absolute atomic E-state index is 5.67. The first kappa shape index (κ1) is 8.55. The van der Waals surface area contributed by atoms with Gasteiger partial charge in [-0.05, 0) is 41.5 Å². The molecular weight excluding hydrogens is 146 g/mol. The van der Waals surface area contributed by atoms with Gasteiger partial charge in [0.05, 0.1) is 0 Å². The summed E-state index contributed by atoms with van der Waals surface area (Å²) in [6.07, 6.45) is 1.40. The van der Waals surface area contributed by atoms with E-state index >= 15 is 0 Å². The Hall–Kier alpha value is -0.0400. The molecule has 0 amide bonds. The molecule has 2 N–H and O–H groups in total. The van der Waals surface area contributed by atoms with Crippen molar-refractivity contribution >= 4 is 0 Å². The lowest BCUT2D eigenvalue weighted by molar-refractivity contribution is 0.457. The van der Waals surface area contributed by atoms with Crippen LogP contribution in [0.4, 0.5) is 0 Å². The van der Waals surface area contributed by atoms with Crippen molar-refractivity contribution in [1.82, 2.24) is 0 Å². The van der Waals surface area contributed by atoms with Crippen molar-refractivity contribution < 1.29 is 0 Å². The topological polar surface area (TPSA) is 26.0 Å². The molecule has 0 radical (unpaired) electrons. The van der Waals surface area contributed by atoms with Crippen molar-refractivity contribution in [3.8, 4) is 0 Å². The fraction of sp³-hybridized carbons (Fsp3) is 1.00. The van der Waals surface area contributed by atoms with E-state index in [0.29, 0.717) is 10.8 Å². The summed E-state index contributed by atoms with van der Waals surface area (Å²) in [4.78, 5) is 0. The molecule has 0 aromatic carbocycles. The zero-order chi connectivity index (χ0) is 9.15. The number of hydrogen-bond donors (Lipinski definition) is 1. The van der Waals surface area contributed by atoms with E-state index in [4.69, 9.17) is 5.73 Å². The Morgan fingerprint density at radius 1 is 1.17 bits per heavy atom. The molecule has 0 heterocycles. The third-order valence-corrected chi connectivity index (χ3v) is 4.84. The van der Waals surface area contributed by atoms with Gasteiger partial charge in [0.2, 0.25) is 0 Å². The van der Waals surface area contributed by atoms with Gasteiger partial charge in [-0.15, -0.1) is 0 Å². The van der Waals surface area contributed by atoms with Crippen LogP contribution in [0.2, 0.25) is 0 Å². The summed E-state index contributed by atoms with van der Waals surface area (Å²) in [6, 6.07) is 0. The maximum Gasteiger partial charge on any atom is -0.00460 e. The van der Waals surface area contributed by atoms with Crippen LogP contribution in [-0.4, -0.2) is 6.54 Å². The van der Waals surface area contributed by atoms with Crippen molar-refractivity contribution in [2.45, 2.75) is 34.1 Å². The van der Waals surface area contributed by atoms with Gasteiger partial charge in [0, 0.05) is 0 Å². The van der Waals surface area contributed by atoms with E-state index in [1.807, 2.05) is 0 Å². The normalized spacial score (nSPS) is 42.8. The molecule has 2 rings (SSSR count). The highest BCUT2D eigenvalue weighted by molar-refractivity contribution is 5.18. The second kappa shape index (κ2) is 2.06. The van der Waals surface area contributed by atoms with Crippen LogP contribution in [0, 0.1) is 28.6 Å². The van der Waals surface area contributed by atoms with Crippen LogP contribution in [0.3, 0.4) is 0 Å². The van der Waals surface area contributed by atoms with Crippen molar-refractivity contribution in [2.24, 2.45) is 34.3 Å². The van der Waals surface area contributed by atoms with Crippen molar-refractivity contribution in [2.75, 3.05) is 6.54 Å². The molecule has 1 nitrogen and oxygen atoms in total. The van der Waals surface area contributed by atoms with Gasteiger partial charge >= 0.3 is 0 Å². The summed E-state index contributed by atoms with van der Waals surface area (Å²) >= 11 is 0. The van der Waals surface area contributed by atoms with Crippen molar-refractivity contribution in [3.05, 3.63) is 0 Å². The largest absolute Gasteiger partial charge is 0.330 e. The lowest BCUT2D eigenvalue weighted by Crippen LogP contribution is -2.04. The Labute approximate surface area is 75.7 Å². The minimum absolute atomic E-state index is 0.571. The highest BCUT2D eigenvalue weighted by Gasteiger charge is 2.70. The van der Waals surface area contributed by atoms with Crippen LogP contribution in [-0.2, 0) is 0 Å². The Bertz CT molecular complexity index is 191. The first-order valence-electron chi connectivity index (χ1n) is 5.13. The lowest BCUT2D eigenvalue weighted by Gasteiger charge is -2.04. The standard InChI is InChI=1S/C11H21N/c1-10(2)9(11(10,3)4)8-5-7(8)6-12/h7-9H,5-6,12H2,1-4H3. The minimum atomic E-state index is 0.571. The van der Waals surface area contributed by atoms with Crippen molar-refractivity contribution in [3.63, 3.8) is 0 Å². The Morgan fingerprint density at radius 3 is 1.92 bits per heavy atom. The fourth-order valence-corrected chi connectivity index (χ4v) is 3.27. The molecule has 1 heteroatoms.